The maximum Gasteiger partial charge on any atom is 0.271 e. The van der Waals surface area contributed by atoms with E-state index in [1.165, 1.54) is 0 Å². The quantitative estimate of drug-likeness (QED) is 0.811. The van der Waals surface area contributed by atoms with Crippen LogP contribution in [-0.4, -0.2) is 48.3 Å². The van der Waals surface area contributed by atoms with Crippen LogP contribution in [0.2, 0.25) is 0 Å². The number of anilines is 1. The molecule has 0 aliphatic carbocycles. The van der Waals surface area contributed by atoms with Gasteiger partial charge in [0, 0.05) is 32.2 Å². The van der Waals surface area contributed by atoms with Crippen LogP contribution >= 0.6 is 0 Å². The zero-order valence-electron chi connectivity index (χ0n) is 12.2. The van der Waals surface area contributed by atoms with Crippen LogP contribution in [0, 0.1) is 11.8 Å². The number of amides is 1. The zero-order valence-corrected chi connectivity index (χ0v) is 12.2. The summed E-state index contributed by atoms with van der Waals surface area (Å²) in [5.41, 5.74) is 0.423. The van der Waals surface area contributed by atoms with Crippen LogP contribution in [0.25, 0.3) is 0 Å². The van der Waals surface area contributed by atoms with Gasteiger partial charge in [-0.25, -0.2) is 0 Å². The predicted octanol–water partition coefficient (Wildman–Crippen LogP) is 0.270. The van der Waals surface area contributed by atoms with Gasteiger partial charge in [-0.05, 0) is 37.8 Å². The molecular weight excluding hydrogens is 254 g/mol. The molecule has 1 amide bonds. The fraction of sp³-hybridized carbons (Fsp3) is 0.643. The summed E-state index contributed by atoms with van der Waals surface area (Å²) in [5.74, 6) is 1.97. The molecule has 2 atom stereocenters. The molecular formula is C14H21N5O. The second-order valence-corrected chi connectivity index (χ2v) is 6.14. The van der Waals surface area contributed by atoms with Crippen LogP contribution in [-0.2, 0) is 0 Å². The molecule has 2 aliphatic rings. The topological polar surface area (TPSA) is 70.2 Å². The van der Waals surface area contributed by atoms with Gasteiger partial charge in [-0.15, -0.1) is 10.2 Å². The van der Waals surface area contributed by atoms with E-state index in [2.05, 4.69) is 39.6 Å². The summed E-state index contributed by atoms with van der Waals surface area (Å²) in [6.45, 7) is 7.67. The molecule has 108 valence electrons. The Hall–Kier alpha value is -1.69. The summed E-state index contributed by atoms with van der Waals surface area (Å²) in [4.78, 5) is 13.8. The minimum absolute atomic E-state index is 0.0668. The second-order valence-electron chi connectivity index (χ2n) is 6.14. The standard InChI is InChI=1S/C14H21N5O/c1-14(2)10-7-16-6-9(10)8-19(14)12-5-4-11(17-18-12)13(20)15-3/h4-5,9-10,16H,6-8H2,1-3H3,(H,15,20). The van der Waals surface area contributed by atoms with E-state index in [1.807, 2.05) is 6.07 Å². The average molecular weight is 275 g/mol. The van der Waals surface area contributed by atoms with Crippen molar-refractivity contribution in [2.75, 3.05) is 31.6 Å². The molecule has 6 nitrogen and oxygen atoms in total. The van der Waals surface area contributed by atoms with Crippen molar-refractivity contribution in [1.29, 1.82) is 0 Å². The predicted molar refractivity (Wildman–Crippen MR) is 76.7 cm³/mol. The number of aromatic nitrogens is 2. The molecule has 2 unspecified atom stereocenters. The Balaban J connectivity index is 1.84. The van der Waals surface area contributed by atoms with Crippen molar-refractivity contribution in [3.8, 4) is 0 Å². The lowest BCUT2D eigenvalue weighted by atomic mass is 9.85. The minimum Gasteiger partial charge on any atom is -0.354 e. The van der Waals surface area contributed by atoms with Gasteiger partial charge in [0.25, 0.3) is 5.91 Å². The van der Waals surface area contributed by atoms with Crippen LogP contribution in [0.15, 0.2) is 12.1 Å². The number of carbonyl (C=O) groups excluding carboxylic acids is 1. The van der Waals surface area contributed by atoms with Crippen LogP contribution in [0.1, 0.15) is 24.3 Å². The van der Waals surface area contributed by atoms with E-state index in [0.717, 1.165) is 25.5 Å². The van der Waals surface area contributed by atoms with Crippen LogP contribution in [0.3, 0.4) is 0 Å². The molecule has 0 saturated carbocycles. The van der Waals surface area contributed by atoms with Gasteiger partial charge in [0.1, 0.15) is 0 Å². The summed E-state index contributed by atoms with van der Waals surface area (Å²) in [6.07, 6.45) is 0. The molecule has 2 saturated heterocycles. The van der Waals surface area contributed by atoms with Gasteiger partial charge >= 0.3 is 0 Å². The number of nitrogens with one attached hydrogen (secondary N) is 2. The van der Waals surface area contributed by atoms with Gasteiger partial charge in [0.05, 0.1) is 0 Å². The Morgan fingerprint density at radius 1 is 1.40 bits per heavy atom. The first-order valence-electron chi connectivity index (χ1n) is 7.08. The lowest BCUT2D eigenvalue weighted by Gasteiger charge is -2.36. The number of rotatable bonds is 2. The highest BCUT2D eigenvalue weighted by Crippen LogP contribution is 2.42. The molecule has 0 aromatic carbocycles. The van der Waals surface area contributed by atoms with Crippen molar-refractivity contribution in [3.05, 3.63) is 17.8 Å². The highest BCUT2D eigenvalue weighted by atomic mass is 16.1. The molecule has 3 heterocycles. The van der Waals surface area contributed by atoms with Gasteiger partial charge in [0.2, 0.25) is 0 Å². The maximum atomic E-state index is 11.5. The first-order chi connectivity index (χ1) is 9.54. The summed E-state index contributed by atoms with van der Waals surface area (Å²) in [6, 6.07) is 3.64. The van der Waals surface area contributed by atoms with Crippen molar-refractivity contribution in [2.45, 2.75) is 19.4 Å². The van der Waals surface area contributed by atoms with E-state index < -0.39 is 0 Å². The highest BCUT2D eigenvalue weighted by molar-refractivity contribution is 5.91. The third-order valence-electron chi connectivity index (χ3n) is 4.75. The Kier molecular flexibility index (Phi) is 3.12. The second kappa shape index (κ2) is 4.70. The smallest absolute Gasteiger partial charge is 0.271 e. The number of nitrogens with zero attached hydrogens (tertiary/aromatic N) is 3. The van der Waals surface area contributed by atoms with Gasteiger partial charge < -0.3 is 15.5 Å². The molecule has 2 fully saturated rings. The van der Waals surface area contributed by atoms with E-state index >= 15 is 0 Å². The minimum atomic E-state index is -0.203. The molecule has 1 aromatic rings. The molecule has 3 rings (SSSR count). The Bertz CT molecular complexity index is 513. The summed E-state index contributed by atoms with van der Waals surface area (Å²) in [7, 11) is 1.59. The van der Waals surface area contributed by atoms with E-state index in [0.29, 0.717) is 17.5 Å². The van der Waals surface area contributed by atoms with E-state index in [9.17, 15) is 4.79 Å². The SMILES string of the molecule is CNC(=O)c1ccc(N2CC3CNCC3C2(C)C)nn1. The van der Waals surface area contributed by atoms with Crippen molar-refractivity contribution in [2.24, 2.45) is 11.8 Å². The van der Waals surface area contributed by atoms with E-state index in [1.54, 1.807) is 13.1 Å². The first-order valence-corrected chi connectivity index (χ1v) is 7.08. The Morgan fingerprint density at radius 2 is 2.20 bits per heavy atom. The summed E-state index contributed by atoms with van der Waals surface area (Å²) in [5, 5.41) is 14.3. The van der Waals surface area contributed by atoms with Gasteiger partial charge in [-0.1, -0.05) is 0 Å². The first kappa shape index (κ1) is 13.3. The molecule has 20 heavy (non-hydrogen) atoms. The number of fused-ring (bicyclic) bond motifs is 1. The number of carbonyl (C=O) groups is 1. The maximum absolute atomic E-state index is 11.5. The third-order valence-corrected chi connectivity index (χ3v) is 4.75. The normalized spacial score (nSPS) is 27.4. The van der Waals surface area contributed by atoms with Crippen molar-refractivity contribution in [3.63, 3.8) is 0 Å². The molecule has 2 aliphatic heterocycles. The molecule has 6 heteroatoms. The molecule has 0 bridgehead atoms. The molecule has 0 spiro atoms. The van der Waals surface area contributed by atoms with Crippen LogP contribution < -0.4 is 15.5 Å². The summed E-state index contributed by atoms with van der Waals surface area (Å²) < 4.78 is 0. The fourth-order valence-corrected chi connectivity index (χ4v) is 3.53. The Morgan fingerprint density at radius 3 is 2.80 bits per heavy atom. The van der Waals surface area contributed by atoms with Gasteiger partial charge in [-0.2, -0.15) is 0 Å². The Labute approximate surface area is 118 Å². The highest BCUT2D eigenvalue weighted by Gasteiger charge is 2.50. The lowest BCUT2D eigenvalue weighted by Crippen LogP contribution is -2.45. The molecule has 2 N–H and O–H groups in total. The number of hydrogen-bond donors (Lipinski definition) is 2. The molecule has 0 radical (unpaired) electrons. The summed E-state index contributed by atoms with van der Waals surface area (Å²) >= 11 is 0. The van der Waals surface area contributed by atoms with Crippen molar-refractivity contribution in [1.82, 2.24) is 20.8 Å². The average Bonchev–Trinajstić information content (AvgIpc) is 3.01. The van der Waals surface area contributed by atoms with Crippen LogP contribution in [0.4, 0.5) is 5.82 Å². The molecule has 1 aromatic heterocycles. The van der Waals surface area contributed by atoms with Crippen molar-refractivity contribution >= 4 is 11.7 Å². The van der Waals surface area contributed by atoms with E-state index in [4.69, 9.17) is 0 Å². The van der Waals surface area contributed by atoms with Gasteiger partial charge in [0.15, 0.2) is 11.5 Å². The van der Waals surface area contributed by atoms with Crippen LogP contribution in [0.5, 0.6) is 0 Å². The van der Waals surface area contributed by atoms with Gasteiger partial charge in [-0.3, -0.25) is 4.79 Å². The van der Waals surface area contributed by atoms with Crippen molar-refractivity contribution < 1.29 is 4.79 Å². The third kappa shape index (κ3) is 1.95. The largest absolute Gasteiger partial charge is 0.354 e. The monoisotopic (exact) mass is 275 g/mol. The van der Waals surface area contributed by atoms with E-state index in [-0.39, 0.29) is 11.4 Å². The number of hydrogen-bond acceptors (Lipinski definition) is 5. The zero-order chi connectivity index (χ0) is 14.3. The fourth-order valence-electron chi connectivity index (χ4n) is 3.53. The lowest BCUT2D eigenvalue weighted by molar-refractivity contribution is 0.0957.